The summed E-state index contributed by atoms with van der Waals surface area (Å²) in [6.45, 7) is 6.22. The van der Waals surface area contributed by atoms with Crippen molar-refractivity contribution < 1.29 is 14.2 Å². The second-order valence-corrected chi connectivity index (χ2v) is 7.00. The van der Waals surface area contributed by atoms with Gasteiger partial charge in [-0.3, -0.25) is 4.99 Å². The van der Waals surface area contributed by atoms with E-state index < -0.39 is 0 Å². The second-order valence-electron chi connectivity index (χ2n) is 7.00. The molecule has 0 saturated carbocycles. The van der Waals surface area contributed by atoms with E-state index >= 15 is 0 Å². The Morgan fingerprint density at radius 2 is 1.97 bits per heavy atom. The molecular formula is C23H32IN3O3. The number of nitrogens with one attached hydrogen (secondary N) is 1. The number of hydrogen-bond acceptors (Lipinski definition) is 4. The molecule has 1 heterocycles. The van der Waals surface area contributed by atoms with Gasteiger partial charge < -0.3 is 24.4 Å². The van der Waals surface area contributed by atoms with Crippen LogP contribution in [0, 0.1) is 6.92 Å². The highest BCUT2D eigenvalue weighted by molar-refractivity contribution is 14.0. The molecule has 0 bridgehead atoms. The third-order valence-corrected chi connectivity index (χ3v) is 5.09. The number of ether oxygens (including phenoxy) is 3. The van der Waals surface area contributed by atoms with Crippen LogP contribution in [0.3, 0.4) is 0 Å². The van der Waals surface area contributed by atoms with Crippen LogP contribution in [0.15, 0.2) is 53.5 Å². The smallest absolute Gasteiger partial charge is 0.193 e. The van der Waals surface area contributed by atoms with Crippen LogP contribution in [-0.4, -0.2) is 57.9 Å². The SMILES string of the molecule is CN=C(NCCOCc1ccccc1OC)N1CCOC(c2ccccc2C)C1.I. The lowest BCUT2D eigenvalue weighted by Crippen LogP contribution is -2.48. The number of aliphatic imine (C=N–C) groups is 1. The van der Waals surface area contributed by atoms with E-state index in [2.05, 4.69) is 46.4 Å². The first kappa shape index (κ1) is 24.4. The first-order valence-electron chi connectivity index (χ1n) is 10.0. The molecular weight excluding hydrogens is 493 g/mol. The summed E-state index contributed by atoms with van der Waals surface area (Å²) in [7, 11) is 3.49. The quantitative estimate of drug-likeness (QED) is 0.258. The van der Waals surface area contributed by atoms with Crippen molar-refractivity contribution in [2.24, 2.45) is 4.99 Å². The molecule has 0 aromatic heterocycles. The van der Waals surface area contributed by atoms with Crippen molar-refractivity contribution in [2.45, 2.75) is 19.6 Å². The molecule has 1 fully saturated rings. The van der Waals surface area contributed by atoms with Crippen molar-refractivity contribution in [3.05, 3.63) is 65.2 Å². The molecule has 1 N–H and O–H groups in total. The maximum Gasteiger partial charge on any atom is 0.193 e. The number of morpholine rings is 1. The zero-order valence-electron chi connectivity index (χ0n) is 18.0. The van der Waals surface area contributed by atoms with Crippen LogP contribution in [0.4, 0.5) is 0 Å². The van der Waals surface area contributed by atoms with Crippen molar-refractivity contribution in [3.8, 4) is 5.75 Å². The number of nitrogens with zero attached hydrogens (tertiary/aromatic N) is 2. The van der Waals surface area contributed by atoms with E-state index in [0.29, 0.717) is 26.4 Å². The monoisotopic (exact) mass is 525 g/mol. The van der Waals surface area contributed by atoms with Gasteiger partial charge in [-0.2, -0.15) is 0 Å². The molecule has 1 aliphatic rings. The van der Waals surface area contributed by atoms with Crippen LogP contribution in [0.1, 0.15) is 22.8 Å². The van der Waals surface area contributed by atoms with E-state index in [4.69, 9.17) is 14.2 Å². The van der Waals surface area contributed by atoms with Crippen molar-refractivity contribution in [3.63, 3.8) is 0 Å². The fourth-order valence-electron chi connectivity index (χ4n) is 3.55. The predicted octanol–water partition coefficient (Wildman–Crippen LogP) is 3.79. The Hall–Kier alpha value is -1.84. The van der Waals surface area contributed by atoms with Crippen LogP contribution in [0.2, 0.25) is 0 Å². The van der Waals surface area contributed by atoms with Crippen LogP contribution < -0.4 is 10.1 Å². The Morgan fingerprint density at radius 1 is 1.20 bits per heavy atom. The van der Waals surface area contributed by atoms with E-state index in [1.165, 1.54) is 11.1 Å². The van der Waals surface area contributed by atoms with Crippen molar-refractivity contribution in [2.75, 3.05) is 47.0 Å². The van der Waals surface area contributed by atoms with Gasteiger partial charge in [0.15, 0.2) is 5.96 Å². The average molecular weight is 525 g/mol. The maximum absolute atomic E-state index is 6.02. The van der Waals surface area contributed by atoms with Crippen molar-refractivity contribution in [1.82, 2.24) is 10.2 Å². The van der Waals surface area contributed by atoms with Crippen LogP contribution in [-0.2, 0) is 16.1 Å². The number of methoxy groups -OCH3 is 1. The molecule has 2 aromatic carbocycles. The molecule has 0 amide bonds. The fraction of sp³-hybridized carbons (Fsp3) is 0.435. The predicted molar refractivity (Wildman–Crippen MR) is 131 cm³/mol. The second kappa shape index (κ2) is 12.8. The Kier molecular flexibility index (Phi) is 10.4. The minimum absolute atomic E-state index is 0. The van der Waals surface area contributed by atoms with Crippen molar-refractivity contribution in [1.29, 1.82) is 0 Å². The minimum Gasteiger partial charge on any atom is -0.496 e. The van der Waals surface area contributed by atoms with Gasteiger partial charge in [-0.25, -0.2) is 0 Å². The van der Waals surface area contributed by atoms with E-state index in [1.807, 2.05) is 31.3 Å². The molecule has 7 heteroatoms. The summed E-state index contributed by atoms with van der Waals surface area (Å²) in [5.74, 6) is 1.74. The van der Waals surface area contributed by atoms with Crippen LogP contribution in [0.5, 0.6) is 5.75 Å². The van der Waals surface area contributed by atoms with E-state index in [-0.39, 0.29) is 30.1 Å². The standard InChI is InChI=1S/C23H31N3O3.HI/c1-18-8-4-6-10-20(18)22-16-26(13-15-29-22)23(24-2)25-12-14-28-17-19-9-5-7-11-21(19)27-3;/h4-11,22H,12-17H2,1-3H3,(H,24,25);1H. The number of aryl methyl sites for hydroxylation is 1. The average Bonchev–Trinajstić information content (AvgIpc) is 2.77. The van der Waals surface area contributed by atoms with Gasteiger partial charge in [-0.1, -0.05) is 42.5 Å². The van der Waals surface area contributed by atoms with Gasteiger partial charge in [0.25, 0.3) is 0 Å². The fourth-order valence-corrected chi connectivity index (χ4v) is 3.55. The van der Waals surface area contributed by atoms with Gasteiger partial charge in [0.05, 0.1) is 33.5 Å². The molecule has 1 saturated heterocycles. The Morgan fingerprint density at radius 3 is 2.73 bits per heavy atom. The summed E-state index contributed by atoms with van der Waals surface area (Å²) in [5.41, 5.74) is 3.55. The Balaban J connectivity index is 0.00000320. The molecule has 0 aliphatic carbocycles. The number of rotatable bonds is 7. The number of halogens is 1. The topological polar surface area (TPSA) is 55.3 Å². The summed E-state index contributed by atoms with van der Waals surface area (Å²) in [5, 5.41) is 3.40. The van der Waals surface area contributed by atoms with Gasteiger partial charge in [-0.15, -0.1) is 24.0 Å². The number of guanidine groups is 1. The highest BCUT2D eigenvalue weighted by Crippen LogP contribution is 2.25. The largest absolute Gasteiger partial charge is 0.496 e. The third-order valence-electron chi connectivity index (χ3n) is 5.09. The van der Waals surface area contributed by atoms with E-state index in [9.17, 15) is 0 Å². The molecule has 1 atom stereocenters. The zero-order chi connectivity index (χ0) is 20.5. The molecule has 30 heavy (non-hydrogen) atoms. The summed E-state index contributed by atoms with van der Waals surface area (Å²) >= 11 is 0. The Bertz CT molecular complexity index is 816. The van der Waals surface area contributed by atoms with Crippen molar-refractivity contribution >= 4 is 29.9 Å². The molecule has 0 radical (unpaired) electrons. The third kappa shape index (κ3) is 6.58. The zero-order valence-corrected chi connectivity index (χ0v) is 20.3. The summed E-state index contributed by atoms with van der Waals surface area (Å²) in [6.07, 6.45) is 0.0605. The maximum atomic E-state index is 6.02. The van der Waals surface area contributed by atoms with Crippen LogP contribution >= 0.6 is 24.0 Å². The number of para-hydroxylation sites is 1. The molecule has 1 aliphatic heterocycles. The lowest BCUT2D eigenvalue weighted by atomic mass is 10.0. The summed E-state index contributed by atoms with van der Waals surface area (Å²) in [6, 6.07) is 16.3. The first-order valence-corrected chi connectivity index (χ1v) is 10.0. The van der Waals surface area contributed by atoms with Gasteiger partial charge in [0.1, 0.15) is 11.9 Å². The lowest BCUT2D eigenvalue weighted by molar-refractivity contribution is -0.00845. The van der Waals surface area contributed by atoms with Gasteiger partial charge in [0.2, 0.25) is 0 Å². The lowest BCUT2D eigenvalue weighted by Gasteiger charge is -2.35. The van der Waals surface area contributed by atoms with Gasteiger partial charge >= 0.3 is 0 Å². The molecule has 1 unspecified atom stereocenters. The highest BCUT2D eigenvalue weighted by atomic mass is 127. The first-order chi connectivity index (χ1) is 14.2. The normalized spacial score (nSPS) is 16.7. The van der Waals surface area contributed by atoms with Crippen LogP contribution in [0.25, 0.3) is 0 Å². The molecule has 6 nitrogen and oxygen atoms in total. The summed E-state index contributed by atoms with van der Waals surface area (Å²) < 4.78 is 17.2. The minimum atomic E-state index is 0. The van der Waals surface area contributed by atoms with Gasteiger partial charge in [-0.05, 0) is 24.1 Å². The highest BCUT2D eigenvalue weighted by Gasteiger charge is 2.24. The number of benzene rings is 2. The molecule has 164 valence electrons. The molecule has 0 spiro atoms. The molecule has 3 rings (SSSR count). The Labute approximate surface area is 196 Å². The van der Waals surface area contributed by atoms with E-state index in [0.717, 1.165) is 30.4 Å². The molecule has 2 aromatic rings. The summed E-state index contributed by atoms with van der Waals surface area (Å²) in [4.78, 5) is 6.70. The van der Waals surface area contributed by atoms with E-state index in [1.54, 1.807) is 7.11 Å². The van der Waals surface area contributed by atoms with Gasteiger partial charge in [0, 0.05) is 25.7 Å². The number of hydrogen-bond donors (Lipinski definition) is 1.